The fourth-order valence-corrected chi connectivity index (χ4v) is 3.70. The van der Waals surface area contributed by atoms with Gasteiger partial charge in [0.25, 0.3) is 0 Å². The van der Waals surface area contributed by atoms with Gasteiger partial charge >= 0.3 is 15.2 Å². The van der Waals surface area contributed by atoms with Gasteiger partial charge in [0, 0.05) is 0 Å². The lowest BCUT2D eigenvalue weighted by molar-refractivity contribution is 0.314. The van der Waals surface area contributed by atoms with Crippen molar-refractivity contribution in [2.45, 2.75) is 18.7 Å². The molecule has 0 saturated carbocycles. The predicted molar refractivity (Wildman–Crippen MR) is 62.6 cm³/mol. The van der Waals surface area contributed by atoms with Crippen LogP contribution >= 0.6 is 15.2 Å². The zero-order chi connectivity index (χ0) is 13.5. The molecule has 0 aliphatic carbocycles. The summed E-state index contributed by atoms with van der Waals surface area (Å²) in [7, 11) is -10.0. The van der Waals surface area contributed by atoms with Crippen LogP contribution in [0, 0.1) is 6.92 Å². The van der Waals surface area contributed by atoms with Crippen LogP contribution in [-0.2, 0) is 14.0 Å². The minimum absolute atomic E-state index is 0.0789. The summed E-state index contributed by atoms with van der Waals surface area (Å²) in [5.74, 6) is 0. The van der Waals surface area contributed by atoms with E-state index in [0.717, 1.165) is 12.5 Å². The summed E-state index contributed by atoms with van der Waals surface area (Å²) < 4.78 is 22.8. The van der Waals surface area contributed by atoms with Crippen LogP contribution in [0.4, 0.5) is 0 Å². The average Bonchev–Trinajstić information content (AvgIpc) is 2.14. The van der Waals surface area contributed by atoms with Crippen LogP contribution in [0.3, 0.4) is 0 Å². The Morgan fingerprint density at radius 2 is 1.29 bits per heavy atom. The molecule has 6 nitrogen and oxygen atoms in total. The molecule has 0 spiro atoms. The van der Waals surface area contributed by atoms with E-state index in [2.05, 4.69) is 0 Å². The highest BCUT2D eigenvalue weighted by Crippen LogP contribution is 2.74. The third-order valence-corrected chi connectivity index (χ3v) is 7.08. The largest absolute Gasteiger partial charge is 0.347 e. The van der Waals surface area contributed by atoms with E-state index in [0.29, 0.717) is 0 Å². The second kappa shape index (κ2) is 4.32. The van der Waals surface area contributed by atoms with Crippen molar-refractivity contribution >= 4 is 15.2 Å². The molecule has 0 saturated heterocycles. The van der Waals surface area contributed by atoms with E-state index < -0.39 is 20.1 Å². The van der Waals surface area contributed by atoms with Crippen LogP contribution in [0.5, 0.6) is 0 Å². The van der Waals surface area contributed by atoms with Crippen LogP contribution in [0.15, 0.2) is 24.3 Å². The van der Waals surface area contributed by atoms with E-state index in [1.54, 1.807) is 19.1 Å². The van der Waals surface area contributed by atoms with E-state index in [-0.39, 0.29) is 5.56 Å². The van der Waals surface area contributed by atoms with Gasteiger partial charge in [0.05, 0.1) is 0 Å². The molecule has 0 radical (unpaired) electrons. The van der Waals surface area contributed by atoms with Crippen molar-refractivity contribution in [3.8, 4) is 0 Å². The Balaban J connectivity index is 3.52. The molecule has 4 N–H and O–H groups in total. The van der Waals surface area contributed by atoms with Crippen LogP contribution in [0.2, 0.25) is 0 Å². The van der Waals surface area contributed by atoms with Crippen LogP contribution < -0.4 is 0 Å². The number of hydrogen-bond donors (Lipinski definition) is 4. The third kappa shape index (κ3) is 2.52. The normalized spacial score (nSPS) is 13.8. The van der Waals surface area contributed by atoms with Crippen molar-refractivity contribution in [1.29, 1.82) is 0 Å². The Bertz CT molecular complexity index is 475. The number of hydrogen-bond acceptors (Lipinski definition) is 2. The maximum absolute atomic E-state index is 11.4. The summed E-state index contributed by atoms with van der Waals surface area (Å²) in [6.07, 6.45) is 0. The van der Waals surface area contributed by atoms with Crippen LogP contribution in [0.1, 0.15) is 18.1 Å². The predicted octanol–water partition coefficient (Wildman–Crippen LogP) is 1.52. The van der Waals surface area contributed by atoms with Gasteiger partial charge in [-0.05, 0) is 19.4 Å². The monoisotopic (exact) mass is 280 g/mol. The quantitative estimate of drug-likeness (QED) is 0.624. The van der Waals surface area contributed by atoms with Crippen molar-refractivity contribution in [2.24, 2.45) is 0 Å². The first-order chi connectivity index (χ1) is 7.50. The second-order valence-electron chi connectivity index (χ2n) is 3.97. The van der Waals surface area contributed by atoms with Gasteiger partial charge < -0.3 is 19.6 Å². The maximum Gasteiger partial charge on any atom is 0.347 e. The molecule has 0 amide bonds. The van der Waals surface area contributed by atoms with E-state index >= 15 is 0 Å². The number of aryl methyl sites for hydroxylation is 1. The smallest absolute Gasteiger partial charge is 0.323 e. The molecule has 1 aromatic rings. The van der Waals surface area contributed by atoms with Gasteiger partial charge in [0.1, 0.15) is 0 Å². The molecule has 17 heavy (non-hydrogen) atoms. The molecule has 0 aliphatic rings. The average molecular weight is 280 g/mol. The molecule has 96 valence electrons. The Labute approximate surface area is 98.6 Å². The van der Waals surface area contributed by atoms with Gasteiger partial charge in [-0.1, -0.05) is 29.8 Å². The first-order valence-electron chi connectivity index (χ1n) is 4.68. The van der Waals surface area contributed by atoms with E-state index in [4.69, 9.17) is 0 Å². The molecule has 8 heteroatoms. The van der Waals surface area contributed by atoms with Gasteiger partial charge in [0.15, 0.2) is 4.90 Å². The Morgan fingerprint density at radius 3 is 1.59 bits per heavy atom. The third-order valence-electron chi connectivity index (χ3n) is 2.73. The van der Waals surface area contributed by atoms with Gasteiger partial charge in [-0.15, -0.1) is 0 Å². The Hall–Kier alpha value is -0.480. The molecule has 0 fully saturated rings. The minimum atomic E-state index is -5.01. The SMILES string of the molecule is Cc1ccc(C(C)(P(=O)(O)O)P(=O)(O)O)cc1. The molecule has 1 aromatic carbocycles. The summed E-state index contributed by atoms with van der Waals surface area (Å²) in [6, 6.07) is 5.71. The molecule has 0 atom stereocenters. The van der Waals surface area contributed by atoms with Crippen LogP contribution in [-0.4, -0.2) is 19.6 Å². The number of rotatable bonds is 3. The standard InChI is InChI=1S/C9H14O6P2/c1-7-3-5-8(6-4-7)9(2,16(10,11)12)17(13,14)15/h3-6H,1-2H3,(H2,10,11,12)(H2,13,14,15). The van der Waals surface area contributed by atoms with Gasteiger partial charge in [-0.2, -0.15) is 0 Å². The molecular weight excluding hydrogens is 266 g/mol. The molecule has 0 bridgehead atoms. The topological polar surface area (TPSA) is 115 Å². The zero-order valence-corrected chi connectivity index (χ0v) is 11.1. The molecule has 0 unspecified atom stereocenters. The molecule has 0 aliphatic heterocycles. The summed E-state index contributed by atoms with van der Waals surface area (Å²) in [6.45, 7) is 2.63. The Kier molecular flexibility index (Phi) is 3.71. The number of benzene rings is 1. The highest BCUT2D eigenvalue weighted by molar-refractivity contribution is 7.71. The molecular formula is C9H14O6P2. The fourth-order valence-electron chi connectivity index (χ4n) is 1.38. The first kappa shape index (κ1) is 14.6. The van der Waals surface area contributed by atoms with Crippen molar-refractivity contribution in [3.05, 3.63) is 35.4 Å². The second-order valence-corrected chi connectivity index (χ2v) is 8.29. The summed E-state index contributed by atoms with van der Waals surface area (Å²) in [5.41, 5.74) is 0.747. The lowest BCUT2D eigenvalue weighted by Crippen LogP contribution is -2.22. The van der Waals surface area contributed by atoms with Gasteiger partial charge in [-0.25, -0.2) is 0 Å². The lowest BCUT2D eigenvalue weighted by Gasteiger charge is -2.31. The van der Waals surface area contributed by atoms with Gasteiger partial charge in [-0.3, -0.25) is 9.13 Å². The highest BCUT2D eigenvalue weighted by Gasteiger charge is 2.57. The molecule has 0 heterocycles. The van der Waals surface area contributed by atoms with Crippen molar-refractivity contribution in [2.75, 3.05) is 0 Å². The summed E-state index contributed by atoms with van der Waals surface area (Å²) >= 11 is 0. The minimum Gasteiger partial charge on any atom is -0.323 e. The van der Waals surface area contributed by atoms with E-state index in [1.165, 1.54) is 12.1 Å². The Morgan fingerprint density at radius 1 is 0.941 bits per heavy atom. The fraction of sp³-hybridized carbons (Fsp3) is 0.333. The van der Waals surface area contributed by atoms with E-state index in [9.17, 15) is 28.7 Å². The van der Waals surface area contributed by atoms with Gasteiger partial charge in [0.2, 0.25) is 0 Å². The zero-order valence-electron chi connectivity index (χ0n) is 9.31. The maximum atomic E-state index is 11.4. The van der Waals surface area contributed by atoms with E-state index in [1.807, 2.05) is 0 Å². The lowest BCUT2D eigenvalue weighted by atomic mass is 10.1. The molecule has 0 aromatic heterocycles. The molecule has 1 rings (SSSR count). The van der Waals surface area contributed by atoms with Crippen LogP contribution in [0.25, 0.3) is 0 Å². The first-order valence-corrected chi connectivity index (χ1v) is 7.91. The summed E-state index contributed by atoms with van der Waals surface area (Å²) in [5, 5.41) is 0. The van der Waals surface area contributed by atoms with Crippen molar-refractivity contribution in [3.63, 3.8) is 0 Å². The van der Waals surface area contributed by atoms with Crippen molar-refractivity contribution in [1.82, 2.24) is 0 Å². The van der Waals surface area contributed by atoms with Crippen molar-refractivity contribution < 1.29 is 28.7 Å². The highest BCUT2D eigenvalue weighted by atomic mass is 31.2. The summed E-state index contributed by atoms with van der Waals surface area (Å²) in [4.78, 5) is 34.3.